The lowest BCUT2D eigenvalue weighted by Gasteiger charge is -2.28. The maximum Gasteiger partial charge on any atom is 0.243 e. The van der Waals surface area contributed by atoms with Gasteiger partial charge in [-0.15, -0.1) is 0 Å². The van der Waals surface area contributed by atoms with E-state index in [4.69, 9.17) is 16.3 Å². The molecule has 0 unspecified atom stereocenters. The molecule has 0 aliphatic rings. The Balaban J connectivity index is 1.91. The minimum Gasteiger partial charge on any atom is -0.492 e. The highest BCUT2D eigenvalue weighted by Crippen LogP contribution is 2.23. The van der Waals surface area contributed by atoms with Crippen LogP contribution in [0.25, 0.3) is 0 Å². The summed E-state index contributed by atoms with van der Waals surface area (Å²) < 4.78 is 31.2. The number of ether oxygens (including phenoxy) is 1. The van der Waals surface area contributed by atoms with Gasteiger partial charge in [-0.2, -0.15) is 0 Å². The fourth-order valence-corrected chi connectivity index (χ4v) is 4.23. The number of nitrogens with one attached hydrogen (secondary N) is 1. The second-order valence-electron chi connectivity index (χ2n) is 6.74. The summed E-state index contributed by atoms with van der Waals surface area (Å²) in [4.78, 5) is 12.5. The Morgan fingerprint density at radius 1 is 1.14 bits per heavy atom. The van der Waals surface area contributed by atoms with Crippen LogP contribution < -0.4 is 14.4 Å². The summed E-state index contributed by atoms with van der Waals surface area (Å²) in [5.74, 6) is 0.318. The van der Waals surface area contributed by atoms with Crippen LogP contribution in [0.3, 0.4) is 0 Å². The van der Waals surface area contributed by atoms with Crippen molar-refractivity contribution in [2.24, 2.45) is 0 Å². The van der Waals surface area contributed by atoms with E-state index in [1.54, 1.807) is 24.3 Å². The molecule has 29 heavy (non-hydrogen) atoms. The average Bonchev–Trinajstić information content (AvgIpc) is 2.67. The number of sulfonamides is 1. The Bertz CT molecular complexity index is 899. The van der Waals surface area contributed by atoms with E-state index < -0.39 is 22.0 Å². The number of rotatable bonds is 10. The highest BCUT2D eigenvalue weighted by atomic mass is 35.5. The number of aryl methyl sites for hydroxylation is 1. The van der Waals surface area contributed by atoms with Crippen LogP contribution in [0.4, 0.5) is 5.69 Å². The standard InChI is InChI=1S/C21H27ClN2O4S/c1-4-5-17-6-12-20(13-7-17)28-15-14-23-21(25)16(2)24(29(3,26)27)19-10-8-18(22)9-11-19/h6-13,16H,4-5,14-15H2,1-3H3,(H,23,25)/t16-/m1/s1. The smallest absolute Gasteiger partial charge is 0.243 e. The molecule has 0 saturated heterocycles. The van der Waals surface area contributed by atoms with Crippen LogP contribution in [-0.4, -0.2) is 39.8 Å². The number of hydrogen-bond donors (Lipinski definition) is 1. The largest absolute Gasteiger partial charge is 0.492 e. The monoisotopic (exact) mass is 438 g/mol. The third-order valence-electron chi connectivity index (χ3n) is 4.30. The molecule has 2 aromatic carbocycles. The van der Waals surface area contributed by atoms with E-state index in [9.17, 15) is 13.2 Å². The molecule has 1 atom stereocenters. The summed E-state index contributed by atoms with van der Waals surface area (Å²) in [5, 5.41) is 3.21. The summed E-state index contributed by atoms with van der Waals surface area (Å²) in [6.07, 6.45) is 3.18. The van der Waals surface area contributed by atoms with Gasteiger partial charge >= 0.3 is 0 Å². The second kappa shape index (κ2) is 10.5. The molecule has 1 amide bonds. The van der Waals surface area contributed by atoms with Gasteiger partial charge < -0.3 is 10.1 Å². The summed E-state index contributed by atoms with van der Waals surface area (Å²) in [7, 11) is -3.66. The van der Waals surface area contributed by atoms with Gasteiger partial charge in [-0.1, -0.05) is 37.1 Å². The summed E-state index contributed by atoms with van der Waals surface area (Å²) >= 11 is 5.87. The van der Waals surface area contributed by atoms with E-state index in [1.165, 1.54) is 12.5 Å². The molecule has 0 aromatic heterocycles. The van der Waals surface area contributed by atoms with Gasteiger partial charge in [0.25, 0.3) is 0 Å². The second-order valence-corrected chi connectivity index (χ2v) is 9.04. The van der Waals surface area contributed by atoms with Gasteiger partial charge in [0.15, 0.2) is 0 Å². The average molecular weight is 439 g/mol. The molecule has 0 saturated carbocycles. The minimum atomic E-state index is -3.66. The first-order valence-electron chi connectivity index (χ1n) is 9.46. The molecule has 6 nitrogen and oxygen atoms in total. The Hall–Kier alpha value is -2.25. The number of carbonyl (C=O) groups excluding carboxylic acids is 1. The molecule has 0 aliphatic carbocycles. The molecular weight excluding hydrogens is 412 g/mol. The molecule has 2 rings (SSSR count). The third kappa shape index (κ3) is 6.94. The molecule has 0 bridgehead atoms. The Morgan fingerprint density at radius 2 is 1.76 bits per heavy atom. The lowest BCUT2D eigenvalue weighted by atomic mass is 10.1. The molecule has 158 valence electrons. The molecule has 0 heterocycles. The predicted octanol–water partition coefficient (Wildman–Crippen LogP) is 3.64. The number of anilines is 1. The summed E-state index contributed by atoms with van der Waals surface area (Å²) in [6, 6.07) is 13.2. The first-order chi connectivity index (χ1) is 13.7. The van der Waals surface area contributed by atoms with E-state index in [1.807, 2.05) is 24.3 Å². The highest BCUT2D eigenvalue weighted by molar-refractivity contribution is 7.92. The zero-order valence-corrected chi connectivity index (χ0v) is 18.5. The van der Waals surface area contributed by atoms with Crippen LogP contribution >= 0.6 is 11.6 Å². The number of amides is 1. The van der Waals surface area contributed by atoms with Crippen molar-refractivity contribution in [3.8, 4) is 5.75 Å². The van der Waals surface area contributed by atoms with E-state index in [0.29, 0.717) is 10.7 Å². The zero-order valence-electron chi connectivity index (χ0n) is 16.9. The van der Waals surface area contributed by atoms with E-state index >= 15 is 0 Å². The topological polar surface area (TPSA) is 75.7 Å². The van der Waals surface area contributed by atoms with Gasteiger partial charge in [0.1, 0.15) is 18.4 Å². The van der Waals surface area contributed by atoms with Crippen LogP contribution in [0, 0.1) is 0 Å². The zero-order chi connectivity index (χ0) is 21.4. The number of nitrogens with zero attached hydrogens (tertiary/aromatic N) is 1. The quantitative estimate of drug-likeness (QED) is 0.574. The maximum absolute atomic E-state index is 12.5. The van der Waals surface area contributed by atoms with Crippen molar-refractivity contribution in [2.75, 3.05) is 23.7 Å². The van der Waals surface area contributed by atoms with Crippen molar-refractivity contribution in [2.45, 2.75) is 32.7 Å². The van der Waals surface area contributed by atoms with Crippen molar-refractivity contribution in [1.82, 2.24) is 5.32 Å². The van der Waals surface area contributed by atoms with Gasteiger partial charge in [-0.25, -0.2) is 8.42 Å². The molecule has 0 fully saturated rings. The Kier molecular flexibility index (Phi) is 8.34. The van der Waals surface area contributed by atoms with Gasteiger partial charge in [0, 0.05) is 5.02 Å². The number of halogens is 1. The maximum atomic E-state index is 12.5. The van der Waals surface area contributed by atoms with Crippen molar-refractivity contribution in [3.63, 3.8) is 0 Å². The molecule has 8 heteroatoms. The van der Waals surface area contributed by atoms with E-state index in [2.05, 4.69) is 12.2 Å². The number of benzene rings is 2. The van der Waals surface area contributed by atoms with Crippen LogP contribution in [0.1, 0.15) is 25.8 Å². The van der Waals surface area contributed by atoms with Crippen molar-refractivity contribution in [1.29, 1.82) is 0 Å². The van der Waals surface area contributed by atoms with Gasteiger partial charge in [0.05, 0.1) is 18.5 Å². The Labute approximate surface area is 177 Å². The first kappa shape index (κ1) is 23.0. The fourth-order valence-electron chi connectivity index (χ4n) is 2.93. The number of hydrogen-bond acceptors (Lipinski definition) is 4. The predicted molar refractivity (Wildman–Crippen MR) is 117 cm³/mol. The fraction of sp³-hybridized carbons (Fsp3) is 0.381. The van der Waals surface area contributed by atoms with E-state index in [0.717, 1.165) is 29.2 Å². The van der Waals surface area contributed by atoms with Crippen molar-refractivity contribution >= 4 is 33.2 Å². The van der Waals surface area contributed by atoms with Crippen LogP contribution in [-0.2, 0) is 21.2 Å². The van der Waals surface area contributed by atoms with Crippen LogP contribution in [0.2, 0.25) is 5.02 Å². The lowest BCUT2D eigenvalue weighted by Crippen LogP contribution is -2.48. The van der Waals surface area contributed by atoms with Crippen LogP contribution in [0.5, 0.6) is 5.75 Å². The molecule has 1 N–H and O–H groups in total. The molecule has 0 spiro atoms. The highest BCUT2D eigenvalue weighted by Gasteiger charge is 2.28. The van der Waals surface area contributed by atoms with Gasteiger partial charge in [-0.05, 0) is 55.3 Å². The molecule has 2 aromatic rings. The van der Waals surface area contributed by atoms with Crippen molar-refractivity contribution < 1.29 is 17.9 Å². The summed E-state index contributed by atoms with van der Waals surface area (Å²) in [5.41, 5.74) is 1.63. The summed E-state index contributed by atoms with van der Waals surface area (Å²) in [6.45, 7) is 4.22. The van der Waals surface area contributed by atoms with Gasteiger partial charge in [0.2, 0.25) is 15.9 Å². The van der Waals surface area contributed by atoms with E-state index in [-0.39, 0.29) is 13.2 Å². The first-order valence-corrected chi connectivity index (χ1v) is 11.7. The molecule has 0 radical (unpaired) electrons. The Morgan fingerprint density at radius 3 is 2.31 bits per heavy atom. The minimum absolute atomic E-state index is 0.262. The molecular formula is C21H27ClN2O4S. The van der Waals surface area contributed by atoms with Crippen LogP contribution in [0.15, 0.2) is 48.5 Å². The molecule has 0 aliphatic heterocycles. The van der Waals surface area contributed by atoms with Crippen molar-refractivity contribution in [3.05, 3.63) is 59.1 Å². The van der Waals surface area contributed by atoms with Gasteiger partial charge in [-0.3, -0.25) is 9.10 Å². The lowest BCUT2D eigenvalue weighted by molar-refractivity contribution is -0.121. The number of carbonyl (C=O) groups is 1. The third-order valence-corrected chi connectivity index (χ3v) is 5.80. The normalized spacial score (nSPS) is 12.3. The SMILES string of the molecule is CCCc1ccc(OCCNC(=O)[C@@H](C)N(c2ccc(Cl)cc2)S(C)(=O)=O)cc1.